The molecule has 1 unspecified atom stereocenters. The van der Waals surface area contributed by atoms with Crippen LogP contribution in [-0.4, -0.2) is 35.8 Å². The zero-order valence-corrected chi connectivity index (χ0v) is 11.3. The molecule has 104 valence electrons. The molecule has 0 spiro atoms. The molecule has 19 heavy (non-hydrogen) atoms. The van der Waals surface area contributed by atoms with Gasteiger partial charge in [0.2, 0.25) is 0 Å². The van der Waals surface area contributed by atoms with Crippen LogP contribution < -0.4 is 0 Å². The van der Waals surface area contributed by atoms with Crippen LogP contribution in [0.1, 0.15) is 36.7 Å². The Hall–Kier alpha value is -1.36. The molecule has 1 fully saturated rings. The van der Waals surface area contributed by atoms with Crippen molar-refractivity contribution >= 4 is 5.97 Å². The first-order valence-corrected chi connectivity index (χ1v) is 6.99. The highest BCUT2D eigenvalue weighted by Gasteiger charge is 2.29. The molecule has 0 aliphatic carbocycles. The van der Waals surface area contributed by atoms with E-state index in [0.29, 0.717) is 5.92 Å². The van der Waals surface area contributed by atoms with Crippen LogP contribution in [0.3, 0.4) is 0 Å². The molecular weight excluding hydrogens is 244 g/mol. The Morgan fingerprint density at radius 1 is 1.42 bits per heavy atom. The van der Waals surface area contributed by atoms with E-state index >= 15 is 0 Å². The second-order valence-electron chi connectivity index (χ2n) is 5.36. The van der Waals surface area contributed by atoms with Crippen LogP contribution >= 0.6 is 0 Å². The first-order valence-electron chi connectivity index (χ1n) is 6.99. The van der Waals surface area contributed by atoms with Crippen molar-refractivity contribution in [2.45, 2.75) is 38.1 Å². The van der Waals surface area contributed by atoms with E-state index in [9.17, 15) is 4.79 Å². The molecule has 0 radical (unpaired) electrons. The van der Waals surface area contributed by atoms with Crippen LogP contribution in [-0.2, 0) is 27.2 Å². The number of fused-ring (bicyclic) bond motifs is 1. The Labute approximate surface area is 112 Å². The second kappa shape index (κ2) is 5.33. The van der Waals surface area contributed by atoms with Crippen molar-refractivity contribution in [1.82, 2.24) is 9.55 Å². The molecule has 0 aromatic carbocycles. The smallest absolute Gasteiger partial charge is 0.309 e. The zero-order chi connectivity index (χ0) is 13.2. The van der Waals surface area contributed by atoms with Crippen molar-refractivity contribution in [3.8, 4) is 0 Å². The Balaban J connectivity index is 1.77. The van der Waals surface area contributed by atoms with Gasteiger partial charge in [0.25, 0.3) is 0 Å². The van der Waals surface area contributed by atoms with Gasteiger partial charge < -0.3 is 14.0 Å². The highest BCUT2D eigenvalue weighted by Crippen LogP contribution is 2.30. The largest absolute Gasteiger partial charge is 0.469 e. The van der Waals surface area contributed by atoms with Gasteiger partial charge in [-0.25, -0.2) is 4.98 Å². The van der Waals surface area contributed by atoms with Gasteiger partial charge >= 0.3 is 5.97 Å². The molecule has 1 aromatic heterocycles. The zero-order valence-electron chi connectivity index (χ0n) is 11.3. The monoisotopic (exact) mass is 264 g/mol. The van der Waals surface area contributed by atoms with Gasteiger partial charge in [-0.15, -0.1) is 0 Å². The predicted molar refractivity (Wildman–Crippen MR) is 68.8 cm³/mol. The second-order valence-corrected chi connectivity index (χ2v) is 5.36. The van der Waals surface area contributed by atoms with Crippen LogP contribution in [0, 0.1) is 5.92 Å². The molecule has 3 rings (SSSR count). The lowest BCUT2D eigenvalue weighted by molar-refractivity contribution is -0.146. The SMILES string of the molecule is COC(=O)C1CCn2c(cnc2C2CCOCC2)C1. The third-order valence-corrected chi connectivity index (χ3v) is 4.25. The fourth-order valence-electron chi connectivity index (χ4n) is 3.14. The van der Waals surface area contributed by atoms with E-state index in [1.807, 2.05) is 6.20 Å². The molecule has 1 atom stereocenters. The lowest BCUT2D eigenvalue weighted by Gasteiger charge is -2.27. The number of hydrogen-bond donors (Lipinski definition) is 0. The molecule has 0 N–H and O–H groups in total. The lowest BCUT2D eigenvalue weighted by atomic mass is 9.95. The van der Waals surface area contributed by atoms with Crippen LogP contribution in [0.15, 0.2) is 6.20 Å². The quantitative estimate of drug-likeness (QED) is 0.760. The fourth-order valence-corrected chi connectivity index (χ4v) is 3.14. The van der Waals surface area contributed by atoms with Crippen LogP contribution in [0.4, 0.5) is 0 Å². The van der Waals surface area contributed by atoms with E-state index in [2.05, 4.69) is 9.55 Å². The average molecular weight is 264 g/mol. The maximum Gasteiger partial charge on any atom is 0.309 e. The molecule has 0 saturated carbocycles. The molecule has 0 bridgehead atoms. The Kier molecular flexibility index (Phi) is 3.55. The summed E-state index contributed by atoms with van der Waals surface area (Å²) < 4.78 is 12.6. The van der Waals surface area contributed by atoms with Crippen molar-refractivity contribution in [3.63, 3.8) is 0 Å². The van der Waals surface area contributed by atoms with Gasteiger partial charge in [0.1, 0.15) is 5.82 Å². The molecule has 5 nitrogen and oxygen atoms in total. The molecule has 2 aliphatic rings. The van der Waals surface area contributed by atoms with E-state index in [1.165, 1.54) is 18.6 Å². The Morgan fingerprint density at radius 2 is 2.21 bits per heavy atom. The Morgan fingerprint density at radius 3 is 2.95 bits per heavy atom. The Bertz CT molecular complexity index is 463. The first-order chi connectivity index (χ1) is 9.29. The standard InChI is InChI=1S/C14H20N2O3/c1-18-14(17)11-2-5-16-12(8-11)9-15-13(16)10-3-6-19-7-4-10/h9-11H,2-8H2,1H3. The van der Waals surface area contributed by atoms with Crippen LogP contribution in [0.5, 0.6) is 0 Å². The summed E-state index contributed by atoms with van der Waals surface area (Å²) in [4.78, 5) is 16.2. The number of methoxy groups -OCH3 is 1. The predicted octanol–water partition coefficient (Wildman–Crippen LogP) is 1.51. The van der Waals surface area contributed by atoms with Crippen LogP contribution in [0.2, 0.25) is 0 Å². The summed E-state index contributed by atoms with van der Waals surface area (Å²) >= 11 is 0. The fraction of sp³-hybridized carbons (Fsp3) is 0.714. The topological polar surface area (TPSA) is 53.4 Å². The summed E-state index contributed by atoms with van der Waals surface area (Å²) in [5.74, 6) is 1.59. The number of carbonyl (C=O) groups excluding carboxylic acids is 1. The number of nitrogens with zero attached hydrogens (tertiary/aromatic N) is 2. The summed E-state index contributed by atoms with van der Waals surface area (Å²) in [6, 6.07) is 0. The summed E-state index contributed by atoms with van der Waals surface area (Å²) in [6.07, 6.45) is 5.64. The van der Waals surface area contributed by atoms with Crippen molar-refractivity contribution in [2.24, 2.45) is 5.92 Å². The number of rotatable bonds is 2. The van der Waals surface area contributed by atoms with E-state index < -0.39 is 0 Å². The van der Waals surface area contributed by atoms with Crippen molar-refractivity contribution in [1.29, 1.82) is 0 Å². The van der Waals surface area contributed by atoms with Gasteiger partial charge in [0.15, 0.2) is 0 Å². The number of esters is 1. The van der Waals surface area contributed by atoms with E-state index in [1.54, 1.807) is 0 Å². The molecular formula is C14H20N2O3. The van der Waals surface area contributed by atoms with E-state index in [0.717, 1.165) is 45.4 Å². The maximum absolute atomic E-state index is 11.6. The van der Waals surface area contributed by atoms with E-state index in [-0.39, 0.29) is 11.9 Å². The van der Waals surface area contributed by atoms with Gasteiger partial charge in [-0.3, -0.25) is 4.79 Å². The number of hydrogen-bond acceptors (Lipinski definition) is 4. The van der Waals surface area contributed by atoms with E-state index in [4.69, 9.17) is 9.47 Å². The van der Waals surface area contributed by atoms with Crippen molar-refractivity contribution in [3.05, 3.63) is 17.7 Å². The minimum Gasteiger partial charge on any atom is -0.469 e. The minimum absolute atomic E-state index is 0.00302. The minimum atomic E-state index is -0.0972. The molecule has 1 saturated heterocycles. The summed E-state index contributed by atoms with van der Waals surface area (Å²) in [5.41, 5.74) is 1.17. The van der Waals surface area contributed by atoms with Gasteiger partial charge in [-0.05, 0) is 19.3 Å². The summed E-state index contributed by atoms with van der Waals surface area (Å²) in [7, 11) is 1.46. The lowest BCUT2D eigenvalue weighted by Crippen LogP contribution is -2.28. The highest BCUT2D eigenvalue weighted by atomic mass is 16.5. The molecule has 3 heterocycles. The number of ether oxygens (including phenoxy) is 2. The third kappa shape index (κ3) is 2.39. The normalized spacial score (nSPS) is 23.9. The molecule has 2 aliphatic heterocycles. The number of carbonyl (C=O) groups is 1. The van der Waals surface area contributed by atoms with Crippen molar-refractivity contribution < 1.29 is 14.3 Å². The van der Waals surface area contributed by atoms with Gasteiger partial charge in [-0.1, -0.05) is 0 Å². The summed E-state index contributed by atoms with van der Waals surface area (Å²) in [5, 5.41) is 0. The number of aromatic nitrogens is 2. The third-order valence-electron chi connectivity index (χ3n) is 4.25. The molecule has 5 heteroatoms. The van der Waals surface area contributed by atoms with Gasteiger partial charge in [0, 0.05) is 44.0 Å². The average Bonchev–Trinajstić information content (AvgIpc) is 2.90. The van der Waals surface area contributed by atoms with Gasteiger partial charge in [0.05, 0.1) is 13.0 Å². The number of imidazole rings is 1. The van der Waals surface area contributed by atoms with Gasteiger partial charge in [-0.2, -0.15) is 0 Å². The highest BCUT2D eigenvalue weighted by molar-refractivity contribution is 5.72. The summed E-state index contributed by atoms with van der Waals surface area (Å²) in [6.45, 7) is 2.54. The first kappa shape index (κ1) is 12.7. The molecule has 1 aromatic rings. The molecule has 0 amide bonds. The maximum atomic E-state index is 11.6. The van der Waals surface area contributed by atoms with Crippen molar-refractivity contribution in [2.75, 3.05) is 20.3 Å². The van der Waals surface area contributed by atoms with Crippen LogP contribution in [0.25, 0.3) is 0 Å².